The van der Waals surface area contributed by atoms with E-state index < -0.39 is 45.4 Å². The van der Waals surface area contributed by atoms with Crippen LogP contribution in [-0.4, -0.2) is 42.6 Å². The number of halogens is 6. The van der Waals surface area contributed by atoms with E-state index in [4.69, 9.17) is 4.55 Å². The lowest BCUT2D eigenvalue weighted by atomic mass is 9.90. The molecule has 1 N–H and O–H groups in total. The van der Waals surface area contributed by atoms with E-state index in [1.165, 1.54) is 6.07 Å². The molecule has 0 saturated carbocycles. The molecule has 152 valence electrons. The number of carbonyl (C=O) groups is 1. The molecule has 0 heterocycles. The van der Waals surface area contributed by atoms with Gasteiger partial charge in [-0.25, -0.2) is 4.79 Å². The summed E-state index contributed by atoms with van der Waals surface area (Å²) in [6.07, 6.45) is -9.94. The van der Waals surface area contributed by atoms with Gasteiger partial charge in [0.05, 0.1) is 5.56 Å². The normalized spacial score (nSPS) is 16.0. The van der Waals surface area contributed by atoms with Crippen LogP contribution in [-0.2, 0) is 27.7 Å². The van der Waals surface area contributed by atoms with Crippen molar-refractivity contribution in [1.82, 2.24) is 0 Å². The molecular formula is C15H14F6O5S. The number of hydrogen-bond acceptors (Lipinski definition) is 4. The van der Waals surface area contributed by atoms with Gasteiger partial charge in [0, 0.05) is 0 Å². The molecule has 2 rings (SSSR count). The van der Waals surface area contributed by atoms with E-state index in [0.717, 1.165) is 30.5 Å². The molecule has 0 spiro atoms. The fourth-order valence-corrected chi connectivity index (χ4v) is 3.70. The van der Waals surface area contributed by atoms with Crippen LogP contribution >= 0.6 is 0 Å². The molecule has 5 nitrogen and oxygen atoms in total. The maximum absolute atomic E-state index is 13.2. The van der Waals surface area contributed by atoms with Crippen LogP contribution in [0.2, 0.25) is 0 Å². The Balaban J connectivity index is 2.47. The van der Waals surface area contributed by atoms with Crippen LogP contribution in [0.1, 0.15) is 34.3 Å². The molecule has 27 heavy (non-hydrogen) atoms. The van der Waals surface area contributed by atoms with Crippen molar-refractivity contribution in [1.29, 1.82) is 0 Å². The quantitative estimate of drug-likeness (QED) is 0.458. The Bertz CT molecular complexity index is 814. The molecule has 1 aromatic rings. The van der Waals surface area contributed by atoms with Gasteiger partial charge in [0.15, 0.2) is 0 Å². The van der Waals surface area contributed by atoms with Crippen LogP contribution in [0, 0.1) is 0 Å². The highest BCUT2D eigenvalue weighted by atomic mass is 32.2. The molecule has 0 aromatic heterocycles. The van der Waals surface area contributed by atoms with Crippen molar-refractivity contribution < 1.29 is 48.8 Å². The lowest BCUT2D eigenvalue weighted by Crippen LogP contribution is -2.63. The van der Waals surface area contributed by atoms with Gasteiger partial charge in [-0.2, -0.15) is 34.8 Å². The summed E-state index contributed by atoms with van der Waals surface area (Å²) in [7, 11) is -5.81. The molecule has 0 radical (unpaired) electrons. The second-order valence-corrected chi connectivity index (χ2v) is 7.58. The molecule has 0 fully saturated rings. The van der Waals surface area contributed by atoms with Crippen LogP contribution < -0.4 is 0 Å². The minimum Gasteiger partial charge on any atom is -0.435 e. The highest BCUT2D eigenvalue weighted by Gasteiger charge is 2.76. The first-order valence-corrected chi connectivity index (χ1v) is 9.21. The van der Waals surface area contributed by atoms with Gasteiger partial charge in [-0.3, -0.25) is 4.55 Å². The van der Waals surface area contributed by atoms with Gasteiger partial charge in [0.2, 0.25) is 0 Å². The summed E-state index contributed by atoms with van der Waals surface area (Å²) in [5.41, 5.74) is -4.58. The largest absolute Gasteiger partial charge is 0.438 e. The SMILES string of the molecule is O=C(OC(CS(=O)(=O)O)(C(F)(F)F)C(F)(F)F)c1ccc2c(c1)CCCC2. The zero-order valence-corrected chi connectivity index (χ0v) is 14.3. The second kappa shape index (κ2) is 6.97. The zero-order valence-electron chi connectivity index (χ0n) is 13.5. The molecule has 0 aliphatic heterocycles. The molecular weight excluding hydrogens is 406 g/mol. The predicted octanol–water partition coefficient (Wildman–Crippen LogP) is 3.47. The third kappa shape index (κ3) is 4.54. The number of aryl methyl sites for hydroxylation is 2. The minimum atomic E-state index is -6.34. The summed E-state index contributed by atoms with van der Waals surface area (Å²) in [5, 5.41) is 0. The first-order valence-electron chi connectivity index (χ1n) is 7.60. The number of esters is 1. The third-order valence-electron chi connectivity index (χ3n) is 4.15. The minimum absolute atomic E-state index is 0.491. The van der Waals surface area contributed by atoms with Gasteiger partial charge in [-0.1, -0.05) is 6.07 Å². The van der Waals surface area contributed by atoms with Gasteiger partial charge in [-0.15, -0.1) is 0 Å². The van der Waals surface area contributed by atoms with Gasteiger partial charge < -0.3 is 4.74 Å². The number of benzene rings is 1. The summed E-state index contributed by atoms with van der Waals surface area (Å²) in [6.45, 7) is 0. The van der Waals surface area contributed by atoms with Crippen LogP contribution in [0.25, 0.3) is 0 Å². The number of rotatable bonds is 4. The second-order valence-electron chi connectivity index (χ2n) is 6.13. The molecule has 0 atom stereocenters. The average Bonchev–Trinajstić information content (AvgIpc) is 2.50. The van der Waals surface area contributed by atoms with Crippen molar-refractivity contribution in [2.45, 2.75) is 43.6 Å². The van der Waals surface area contributed by atoms with Crippen LogP contribution in [0.3, 0.4) is 0 Å². The average molecular weight is 420 g/mol. The highest BCUT2D eigenvalue weighted by molar-refractivity contribution is 7.85. The Morgan fingerprint density at radius 3 is 2.00 bits per heavy atom. The Labute approximate surface area is 150 Å². The van der Waals surface area contributed by atoms with Crippen LogP contribution in [0.15, 0.2) is 18.2 Å². The fraction of sp³-hybridized carbons (Fsp3) is 0.533. The van der Waals surface area contributed by atoms with Crippen molar-refractivity contribution in [3.8, 4) is 0 Å². The molecule has 0 saturated heterocycles. The van der Waals surface area contributed by atoms with Gasteiger partial charge in [0.1, 0.15) is 5.75 Å². The lowest BCUT2D eigenvalue weighted by molar-refractivity contribution is -0.356. The Kier molecular flexibility index (Phi) is 5.54. The number of carbonyl (C=O) groups excluding carboxylic acids is 1. The number of hydrogen-bond donors (Lipinski definition) is 1. The van der Waals surface area contributed by atoms with Gasteiger partial charge in [-0.05, 0) is 48.9 Å². The van der Waals surface area contributed by atoms with Crippen molar-refractivity contribution >= 4 is 16.1 Å². The van der Waals surface area contributed by atoms with Crippen molar-refractivity contribution in [3.63, 3.8) is 0 Å². The van der Waals surface area contributed by atoms with Gasteiger partial charge >= 0.3 is 23.9 Å². The summed E-state index contributed by atoms with van der Waals surface area (Å²) in [5.74, 6) is -4.90. The van der Waals surface area contributed by atoms with Crippen molar-refractivity contribution in [2.24, 2.45) is 0 Å². The Morgan fingerprint density at radius 2 is 1.52 bits per heavy atom. The number of alkyl halides is 6. The van der Waals surface area contributed by atoms with Crippen LogP contribution in [0.5, 0.6) is 0 Å². The van der Waals surface area contributed by atoms with E-state index in [-0.39, 0.29) is 0 Å². The molecule has 0 unspecified atom stereocenters. The maximum Gasteiger partial charge on any atom is 0.438 e. The Morgan fingerprint density at radius 1 is 1.00 bits per heavy atom. The summed E-state index contributed by atoms with van der Waals surface area (Å²) < 4.78 is 113. The highest BCUT2D eigenvalue weighted by Crippen LogP contribution is 2.47. The monoisotopic (exact) mass is 420 g/mol. The van der Waals surface area contributed by atoms with E-state index in [0.29, 0.717) is 18.4 Å². The first-order chi connectivity index (χ1) is 12.2. The molecule has 12 heteroatoms. The lowest BCUT2D eigenvalue weighted by Gasteiger charge is -2.35. The number of ether oxygens (including phenoxy) is 1. The summed E-state index contributed by atoms with van der Waals surface area (Å²) in [6, 6.07) is 3.54. The van der Waals surface area contributed by atoms with E-state index in [1.54, 1.807) is 0 Å². The first kappa shape index (κ1) is 21.5. The van der Waals surface area contributed by atoms with Gasteiger partial charge in [0.25, 0.3) is 10.1 Å². The molecule has 1 aliphatic rings. The zero-order chi connectivity index (χ0) is 20.7. The summed E-state index contributed by atoms with van der Waals surface area (Å²) in [4.78, 5) is 12.0. The number of fused-ring (bicyclic) bond motifs is 1. The Hall–Kier alpha value is -1.82. The van der Waals surface area contributed by atoms with E-state index in [9.17, 15) is 39.6 Å². The van der Waals surface area contributed by atoms with Crippen molar-refractivity contribution in [3.05, 3.63) is 34.9 Å². The smallest absolute Gasteiger partial charge is 0.435 e. The predicted molar refractivity (Wildman–Crippen MR) is 79.8 cm³/mol. The van der Waals surface area contributed by atoms with Crippen LogP contribution in [0.4, 0.5) is 26.3 Å². The summed E-state index contributed by atoms with van der Waals surface area (Å²) >= 11 is 0. The molecule has 0 bridgehead atoms. The third-order valence-corrected chi connectivity index (χ3v) is 4.92. The van der Waals surface area contributed by atoms with E-state index in [1.807, 2.05) is 0 Å². The van der Waals surface area contributed by atoms with Crippen molar-refractivity contribution in [2.75, 3.05) is 5.75 Å². The van der Waals surface area contributed by atoms with E-state index >= 15 is 0 Å². The maximum atomic E-state index is 13.2. The molecule has 1 aliphatic carbocycles. The molecule has 0 amide bonds. The fourth-order valence-electron chi connectivity index (χ4n) is 2.80. The standard InChI is InChI=1S/C15H14F6O5S/c16-14(17,18)13(15(19,20)21,8-27(23,24)25)26-12(22)11-6-5-9-3-1-2-4-10(9)7-11/h5-7H,1-4,8H2,(H,23,24,25). The molecule has 1 aromatic carbocycles. The van der Waals surface area contributed by atoms with E-state index in [2.05, 4.69) is 4.74 Å². The topological polar surface area (TPSA) is 80.7 Å².